The molecule has 0 amide bonds. The van der Waals surface area contributed by atoms with Gasteiger partial charge in [-0.05, 0) is 70.6 Å². The fourth-order valence-corrected chi connectivity index (χ4v) is 10.7. The van der Waals surface area contributed by atoms with E-state index in [1.54, 1.807) is 0 Å². The summed E-state index contributed by atoms with van der Waals surface area (Å²) in [6, 6.07) is 0. The summed E-state index contributed by atoms with van der Waals surface area (Å²) in [5, 5.41) is 0. The van der Waals surface area contributed by atoms with E-state index in [0.29, 0.717) is 19.3 Å². The summed E-state index contributed by atoms with van der Waals surface area (Å²) in [4.78, 5) is 38.0. The quantitative estimate of drug-likeness (QED) is 0.0261. The summed E-state index contributed by atoms with van der Waals surface area (Å²) in [5.41, 5.74) is 0. The maximum Gasteiger partial charge on any atom is 0.306 e. The molecule has 0 fully saturated rings. The van der Waals surface area contributed by atoms with Gasteiger partial charge in [-0.25, -0.2) is 0 Å². The number of allylic oxidation sites excluding steroid dienone is 4. The van der Waals surface area contributed by atoms with Crippen molar-refractivity contribution in [3.63, 3.8) is 0 Å². The lowest BCUT2D eigenvalue weighted by Crippen LogP contribution is -2.30. The standard InChI is InChI=1S/C71H134O6/c1-4-7-10-13-15-17-19-21-23-25-27-29-30-31-32-33-34-35-36-37-38-39-40-42-43-45-47-49-51-53-55-58-61-64-70(73)76-67-68(66-75-69(72)63-60-57-12-9-6-3)77-71(74)65-62-59-56-54-52-50-48-46-44-41-28-26-24-22-20-18-16-14-11-8-5-2/h25-28,68H,4-24,29-67H2,1-3H3/b27-25-,28-26-. The lowest BCUT2D eigenvalue weighted by atomic mass is 10.0. The number of rotatable bonds is 65. The van der Waals surface area contributed by atoms with Crippen molar-refractivity contribution in [3.05, 3.63) is 24.3 Å². The molecular weight excluding hydrogens is 949 g/mol. The number of unbranched alkanes of at least 4 members (excludes halogenated alkanes) is 50. The van der Waals surface area contributed by atoms with Crippen molar-refractivity contribution in [2.75, 3.05) is 13.2 Å². The molecule has 0 aromatic heterocycles. The van der Waals surface area contributed by atoms with Gasteiger partial charge in [0.1, 0.15) is 13.2 Å². The third-order valence-corrected chi connectivity index (χ3v) is 15.9. The van der Waals surface area contributed by atoms with Gasteiger partial charge in [-0.3, -0.25) is 14.4 Å². The van der Waals surface area contributed by atoms with E-state index >= 15 is 0 Å². The van der Waals surface area contributed by atoms with Gasteiger partial charge in [-0.1, -0.05) is 328 Å². The smallest absolute Gasteiger partial charge is 0.306 e. The number of ether oxygens (including phenoxy) is 3. The Labute approximate surface area is 481 Å². The Balaban J connectivity index is 3.89. The molecule has 6 heteroatoms. The van der Waals surface area contributed by atoms with Crippen LogP contribution in [-0.4, -0.2) is 37.2 Å². The summed E-state index contributed by atoms with van der Waals surface area (Å²) in [7, 11) is 0. The Morgan fingerprint density at radius 3 is 0.649 bits per heavy atom. The molecule has 0 aromatic rings. The van der Waals surface area contributed by atoms with Crippen molar-refractivity contribution in [3.8, 4) is 0 Å². The van der Waals surface area contributed by atoms with Crippen molar-refractivity contribution in [1.29, 1.82) is 0 Å². The van der Waals surface area contributed by atoms with Gasteiger partial charge in [0.2, 0.25) is 0 Å². The highest BCUT2D eigenvalue weighted by molar-refractivity contribution is 5.71. The second kappa shape index (κ2) is 66.4. The van der Waals surface area contributed by atoms with Crippen LogP contribution in [0.15, 0.2) is 24.3 Å². The van der Waals surface area contributed by atoms with E-state index in [9.17, 15) is 14.4 Å². The van der Waals surface area contributed by atoms with Crippen LogP contribution in [0, 0.1) is 0 Å². The van der Waals surface area contributed by atoms with E-state index in [-0.39, 0.29) is 31.1 Å². The van der Waals surface area contributed by atoms with Crippen molar-refractivity contribution < 1.29 is 28.6 Å². The molecule has 0 aromatic carbocycles. The molecule has 0 radical (unpaired) electrons. The molecule has 1 atom stereocenters. The maximum absolute atomic E-state index is 12.8. The van der Waals surface area contributed by atoms with Crippen molar-refractivity contribution in [1.82, 2.24) is 0 Å². The second-order valence-corrected chi connectivity index (χ2v) is 23.8. The van der Waals surface area contributed by atoms with E-state index in [1.165, 1.54) is 289 Å². The third kappa shape index (κ3) is 64.6. The molecule has 6 nitrogen and oxygen atoms in total. The van der Waals surface area contributed by atoms with Gasteiger partial charge in [0, 0.05) is 19.3 Å². The van der Waals surface area contributed by atoms with E-state index < -0.39 is 6.10 Å². The highest BCUT2D eigenvalue weighted by Gasteiger charge is 2.19. The van der Waals surface area contributed by atoms with Crippen LogP contribution in [-0.2, 0) is 28.6 Å². The van der Waals surface area contributed by atoms with Crippen LogP contribution < -0.4 is 0 Å². The van der Waals surface area contributed by atoms with Crippen molar-refractivity contribution >= 4 is 17.9 Å². The first-order valence-corrected chi connectivity index (χ1v) is 34.8. The fraction of sp³-hybridized carbons (Fsp3) is 0.901. The highest BCUT2D eigenvalue weighted by Crippen LogP contribution is 2.18. The minimum absolute atomic E-state index is 0.0672. The number of esters is 3. The molecule has 0 saturated carbocycles. The minimum Gasteiger partial charge on any atom is -0.462 e. The van der Waals surface area contributed by atoms with Gasteiger partial charge in [0.25, 0.3) is 0 Å². The monoisotopic (exact) mass is 1080 g/mol. The van der Waals surface area contributed by atoms with Gasteiger partial charge in [-0.2, -0.15) is 0 Å². The average molecular weight is 1080 g/mol. The molecule has 0 aliphatic carbocycles. The zero-order valence-electron chi connectivity index (χ0n) is 52.3. The molecular formula is C71H134O6. The predicted molar refractivity (Wildman–Crippen MR) is 335 cm³/mol. The molecule has 77 heavy (non-hydrogen) atoms. The van der Waals surface area contributed by atoms with Gasteiger partial charge < -0.3 is 14.2 Å². The Morgan fingerprint density at radius 2 is 0.429 bits per heavy atom. The first kappa shape index (κ1) is 74.9. The highest BCUT2D eigenvalue weighted by atomic mass is 16.6. The van der Waals surface area contributed by atoms with Crippen molar-refractivity contribution in [2.45, 2.75) is 399 Å². The number of hydrogen-bond donors (Lipinski definition) is 0. The first-order chi connectivity index (χ1) is 38.0. The zero-order chi connectivity index (χ0) is 55.7. The Hall–Kier alpha value is -2.11. The normalized spacial score (nSPS) is 12.1. The molecule has 1 unspecified atom stereocenters. The Bertz CT molecular complexity index is 1240. The van der Waals surface area contributed by atoms with Gasteiger partial charge in [0.05, 0.1) is 0 Å². The second-order valence-electron chi connectivity index (χ2n) is 23.8. The Kier molecular flexibility index (Phi) is 64.6. The zero-order valence-corrected chi connectivity index (χ0v) is 52.3. The molecule has 0 aliphatic heterocycles. The summed E-state index contributed by atoms with van der Waals surface area (Å²) < 4.78 is 16.8. The van der Waals surface area contributed by atoms with Crippen LogP contribution in [0.2, 0.25) is 0 Å². The summed E-state index contributed by atoms with van der Waals surface area (Å²) in [6.07, 6.45) is 81.3. The SMILES string of the molecule is CCCCCCCCCC/C=C\CCCCCCCCCCCCCCCCCCCCCCCC(=O)OCC(COC(=O)CCCCCCC)OC(=O)CCCCCCCCCCC/C=C\CCCCCCCCCC. The van der Waals surface area contributed by atoms with Crippen LogP contribution in [0.5, 0.6) is 0 Å². The first-order valence-electron chi connectivity index (χ1n) is 34.8. The van der Waals surface area contributed by atoms with Crippen LogP contribution in [0.3, 0.4) is 0 Å². The van der Waals surface area contributed by atoms with Gasteiger partial charge in [-0.15, -0.1) is 0 Å². The Morgan fingerprint density at radius 1 is 0.247 bits per heavy atom. The molecule has 0 aliphatic rings. The summed E-state index contributed by atoms with van der Waals surface area (Å²) in [6.45, 7) is 6.62. The van der Waals surface area contributed by atoms with Crippen LogP contribution in [0.25, 0.3) is 0 Å². The van der Waals surface area contributed by atoms with E-state index in [2.05, 4.69) is 45.1 Å². The fourth-order valence-electron chi connectivity index (χ4n) is 10.7. The molecule has 0 saturated heterocycles. The lowest BCUT2D eigenvalue weighted by molar-refractivity contribution is -0.167. The minimum atomic E-state index is -0.766. The predicted octanol–water partition coefficient (Wildman–Crippen LogP) is 23.8. The number of carbonyl (C=O) groups excluding carboxylic acids is 3. The summed E-state index contributed by atoms with van der Waals surface area (Å²) in [5.74, 6) is -0.858. The summed E-state index contributed by atoms with van der Waals surface area (Å²) >= 11 is 0. The number of hydrogen-bond acceptors (Lipinski definition) is 6. The van der Waals surface area contributed by atoms with Crippen LogP contribution in [0.4, 0.5) is 0 Å². The van der Waals surface area contributed by atoms with E-state index in [0.717, 1.165) is 64.2 Å². The average Bonchev–Trinajstić information content (AvgIpc) is 3.43. The van der Waals surface area contributed by atoms with Crippen LogP contribution in [0.1, 0.15) is 393 Å². The maximum atomic E-state index is 12.8. The van der Waals surface area contributed by atoms with Gasteiger partial charge in [0.15, 0.2) is 6.10 Å². The van der Waals surface area contributed by atoms with E-state index in [4.69, 9.17) is 14.2 Å². The lowest BCUT2D eigenvalue weighted by Gasteiger charge is -2.18. The van der Waals surface area contributed by atoms with Crippen LogP contribution >= 0.6 is 0 Å². The molecule has 0 heterocycles. The molecule has 0 spiro atoms. The third-order valence-electron chi connectivity index (χ3n) is 15.9. The molecule has 0 rings (SSSR count). The molecule has 0 N–H and O–H groups in total. The van der Waals surface area contributed by atoms with Gasteiger partial charge >= 0.3 is 17.9 Å². The molecule has 454 valence electrons. The largest absolute Gasteiger partial charge is 0.462 e. The molecule has 0 bridgehead atoms. The van der Waals surface area contributed by atoms with Crippen molar-refractivity contribution in [2.24, 2.45) is 0 Å². The number of carbonyl (C=O) groups is 3. The van der Waals surface area contributed by atoms with E-state index in [1.807, 2.05) is 0 Å². The topological polar surface area (TPSA) is 78.9 Å².